The predicted molar refractivity (Wildman–Crippen MR) is 45.8 cm³/mol. The van der Waals surface area contributed by atoms with Crippen molar-refractivity contribution in [2.45, 2.75) is 38.8 Å². The summed E-state index contributed by atoms with van der Waals surface area (Å²) in [5.41, 5.74) is -0.616. The highest BCUT2D eigenvalue weighted by atomic mass is 19.4. The average Bonchev–Trinajstić information content (AvgIpc) is 1.96. The second-order valence-corrected chi connectivity index (χ2v) is 3.62. The Hall–Kier alpha value is -0.330. The van der Waals surface area contributed by atoms with E-state index in [2.05, 4.69) is 10.1 Å². The molecule has 86 valence electrons. The maximum Gasteiger partial charge on any atom is 0.522 e. The van der Waals surface area contributed by atoms with Crippen LogP contribution < -0.4 is 5.32 Å². The lowest BCUT2D eigenvalue weighted by Gasteiger charge is -2.29. The topological polar surface area (TPSA) is 41.5 Å². The van der Waals surface area contributed by atoms with Crippen LogP contribution in [0, 0.1) is 0 Å². The summed E-state index contributed by atoms with van der Waals surface area (Å²) < 4.78 is 38.2. The zero-order chi connectivity index (χ0) is 11.4. The highest BCUT2D eigenvalue weighted by molar-refractivity contribution is 4.82. The molecule has 0 heterocycles. The van der Waals surface area contributed by atoms with E-state index >= 15 is 0 Å². The number of hydrogen-bond acceptors (Lipinski definition) is 3. The third-order valence-electron chi connectivity index (χ3n) is 1.99. The third-order valence-corrected chi connectivity index (χ3v) is 1.99. The van der Waals surface area contributed by atoms with Crippen LogP contribution in [0.25, 0.3) is 0 Å². The van der Waals surface area contributed by atoms with E-state index < -0.39 is 24.6 Å². The van der Waals surface area contributed by atoms with E-state index in [1.54, 1.807) is 20.8 Å². The van der Waals surface area contributed by atoms with Crippen LogP contribution >= 0.6 is 0 Å². The molecule has 0 aromatic rings. The zero-order valence-electron chi connectivity index (χ0n) is 8.48. The number of rotatable bonds is 5. The monoisotopic (exact) mass is 215 g/mol. The highest BCUT2D eigenvalue weighted by Crippen LogP contribution is 2.15. The minimum atomic E-state index is -4.59. The smallest absolute Gasteiger partial charge is 0.392 e. The van der Waals surface area contributed by atoms with Crippen molar-refractivity contribution in [3.05, 3.63) is 0 Å². The summed E-state index contributed by atoms with van der Waals surface area (Å²) in [6.45, 7) is 4.55. The van der Waals surface area contributed by atoms with E-state index in [9.17, 15) is 18.3 Å². The first-order chi connectivity index (χ1) is 6.15. The number of nitrogens with one attached hydrogen (secondary N) is 1. The molecule has 0 saturated carbocycles. The van der Waals surface area contributed by atoms with Gasteiger partial charge in [-0.3, -0.25) is 4.74 Å². The van der Waals surface area contributed by atoms with Crippen molar-refractivity contribution in [3.8, 4) is 0 Å². The van der Waals surface area contributed by atoms with Gasteiger partial charge in [0.1, 0.15) is 0 Å². The molecule has 1 atom stereocenters. The standard InChI is InChI=1S/C8H16F3NO2/c1-6(13)7(2,3)12-4-5-14-8(9,10)11/h6,12-13H,4-5H2,1-3H3. The normalized spacial score (nSPS) is 15.6. The quantitative estimate of drug-likeness (QED) is 0.679. The molecule has 3 nitrogen and oxygen atoms in total. The SMILES string of the molecule is CC(O)C(C)(C)NCCOC(F)(F)F. The molecule has 1 unspecified atom stereocenters. The molecule has 0 rings (SSSR count). The molecular formula is C8H16F3NO2. The van der Waals surface area contributed by atoms with Crippen molar-refractivity contribution in [3.63, 3.8) is 0 Å². The largest absolute Gasteiger partial charge is 0.522 e. The van der Waals surface area contributed by atoms with Crippen molar-refractivity contribution >= 4 is 0 Å². The summed E-state index contributed by atoms with van der Waals surface area (Å²) >= 11 is 0. The number of halogens is 3. The van der Waals surface area contributed by atoms with Crippen LogP contribution in [-0.4, -0.2) is 36.3 Å². The van der Waals surface area contributed by atoms with Gasteiger partial charge in [0.2, 0.25) is 0 Å². The van der Waals surface area contributed by atoms with Crippen molar-refractivity contribution in [2.75, 3.05) is 13.2 Å². The Labute approximate surface area is 81.2 Å². The van der Waals surface area contributed by atoms with Gasteiger partial charge in [-0.25, -0.2) is 0 Å². The van der Waals surface area contributed by atoms with Crippen LogP contribution in [-0.2, 0) is 4.74 Å². The van der Waals surface area contributed by atoms with Gasteiger partial charge in [-0.2, -0.15) is 0 Å². The Morgan fingerprint density at radius 1 is 1.36 bits per heavy atom. The zero-order valence-corrected chi connectivity index (χ0v) is 8.48. The first kappa shape index (κ1) is 13.7. The lowest BCUT2D eigenvalue weighted by molar-refractivity contribution is -0.323. The third kappa shape index (κ3) is 6.17. The van der Waals surface area contributed by atoms with Crippen LogP contribution in [0.15, 0.2) is 0 Å². The van der Waals surface area contributed by atoms with E-state index in [1.165, 1.54) is 0 Å². The second-order valence-electron chi connectivity index (χ2n) is 3.62. The lowest BCUT2D eigenvalue weighted by Crippen LogP contribution is -2.49. The van der Waals surface area contributed by atoms with Gasteiger partial charge in [0.25, 0.3) is 0 Å². The summed E-state index contributed by atoms with van der Waals surface area (Å²) in [4.78, 5) is 0. The summed E-state index contributed by atoms with van der Waals surface area (Å²) in [6, 6.07) is 0. The Morgan fingerprint density at radius 3 is 2.21 bits per heavy atom. The van der Waals surface area contributed by atoms with E-state index in [0.29, 0.717) is 0 Å². The van der Waals surface area contributed by atoms with Gasteiger partial charge in [0, 0.05) is 12.1 Å². The van der Waals surface area contributed by atoms with Gasteiger partial charge >= 0.3 is 6.36 Å². The van der Waals surface area contributed by atoms with E-state index in [1.807, 2.05) is 0 Å². The number of aliphatic hydroxyl groups is 1. The van der Waals surface area contributed by atoms with Crippen molar-refractivity contribution < 1.29 is 23.0 Å². The molecule has 0 saturated heterocycles. The Bertz CT molecular complexity index is 168. The van der Waals surface area contributed by atoms with Crippen molar-refractivity contribution in [2.24, 2.45) is 0 Å². The Morgan fingerprint density at radius 2 is 1.86 bits per heavy atom. The molecular weight excluding hydrogens is 199 g/mol. The molecule has 14 heavy (non-hydrogen) atoms. The molecule has 0 aliphatic heterocycles. The number of ether oxygens (including phenoxy) is 1. The average molecular weight is 215 g/mol. The molecule has 0 amide bonds. The van der Waals surface area contributed by atoms with Crippen LogP contribution in [0.3, 0.4) is 0 Å². The van der Waals surface area contributed by atoms with Crippen LogP contribution in [0.1, 0.15) is 20.8 Å². The lowest BCUT2D eigenvalue weighted by atomic mass is 9.99. The van der Waals surface area contributed by atoms with Gasteiger partial charge in [-0.05, 0) is 20.8 Å². The summed E-state index contributed by atoms with van der Waals surface area (Å²) in [5.74, 6) is 0. The van der Waals surface area contributed by atoms with Crippen LogP contribution in [0.4, 0.5) is 13.2 Å². The van der Waals surface area contributed by atoms with E-state index in [0.717, 1.165) is 0 Å². The van der Waals surface area contributed by atoms with Crippen LogP contribution in [0.2, 0.25) is 0 Å². The predicted octanol–water partition coefficient (Wildman–Crippen LogP) is 1.27. The molecule has 0 fully saturated rings. The van der Waals surface area contributed by atoms with Crippen molar-refractivity contribution in [1.29, 1.82) is 0 Å². The van der Waals surface area contributed by atoms with Crippen molar-refractivity contribution in [1.82, 2.24) is 5.32 Å². The Kier molecular flexibility index (Phi) is 4.83. The van der Waals surface area contributed by atoms with Gasteiger partial charge in [0.05, 0.1) is 12.7 Å². The maximum atomic E-state index is 11.5. The maximum absolute atomic E-state index is 11.5. The molecule has 0 spiro atoms. The molecule has 0 bridgehead atoms. The number of alkyl halides is 3. The van der Waals surface area contributed by atoms with E-state index in [4.69, 9.17) is 0 Å². The fourth-order valence-electron chi connectivity index (χ4n) is 0.688. The van der Waals surface area contributed by atoms with Gasteiger partial charge in [0.15, 0.2) is 0 Å². The van der Waals surface area contributed by atoms with Gasteiger partial charge < -0.3 is 10.4 Å². The molecule has 2 N–H and O–H groups in total. The molecule has 0 aromatic carbocycles. The summed E-state index contributed by atoms with van der Waals surface area (Å²) in [7, 11) is 0. The summed E-state index contributed by atoms with van der Waals surface area (Å²) in [5, 5.41) is 12.0. The number of aliphatic hydroxyl groups excluding tert-OH is 1. The highest BCUT2D eigenvalue weighted by Gasteiger charge is 2.29. The van der Waals surface area contributed by atoms with Gasteiger partial charge in [-0.15, -0.1) is 13.2 Å². The minimum Gasteiger partial charge on any atom is -0.392 e. The molecule has 0 radical (unpaired) electrons. The van der Waals surface area contributed by atoms with Crippen LogP contribution in [0.5, 0.6) is 0 Å². The minimum absolute atomic E-state index is 0.0391. The molecule has 6 heteroatoms. The first-order valence-corrected chi connectivity index (χ1v) is 4.29. The molecule has 0 aromatic heterocycles. The van der Waals surface area contributed by atoms with Gasteiger partial charge in [-0.1, -0.05) is 0 Å². The summed E-state index contributed by atoms with van der Waals surface area (Å²) in [6.07, 6.45) is -5.23. The fourth-order valence-corrected chi connectivity index (χ4v) is 0.688. The first-order valence-electron chi connectivity index (χ1n) is 4.29. The molecule has 0 aliphatic rings. The second kappa shape index (κ2) is 4.95. The van der Waals surface area contributed by atoms with E-state index in [-0.39, 0.29) is 6.54 Å². The molecule has 0 aliphatic carbocycles. The Balaban J connectivity index is 3.65. The fraction of sp³-hybridized carbons (Fsp3) is 1.00. The number of hydrogen-bond donors (Lipinski definition) is 2.